The van der Waals surface area contributed by atoms with Gasteiger partial charge in [-0.2, -0.15) is 0 Å². The first-order valence-electron chi connectivity index (χ1n) is 9.23. The molecule has 0 fully saturated rings. The van der Waals surface area contributed by atoms with Crippen LogP contribution in [-0.4, -0.2) is 59.3 Å². The predicted molar refractivity (Wildman–Crippen MR) is 114 cm³/mol. The van der Waals surface area contributed by atoms with Gasteiger partial charge in [0, 0.05) is 30.6 Å². The zero-order valence-electron chi connectivity index (χ0n) is 15.9. The Kier molecular flexibility index (Phi) is 5.28. The molecular weight excluding hydrogens is 412 g/mol. The lowest BCUT2D eigenvalue weighted by atomic mass is 10.1. The molecule has 4 rings (SSSR count). The molecule has 3 heterocycles. The summed E-state index contributed by atoms with van der Waals surface area (Å²) in [5.74, 6) is 0.183. The number of nitrogens with zero attached hydrogens (tertiary/aromatic N) is 3. The van der Waals surface area contributed by atoms with Gasteiger partial charge in [0.05, 0.1) is 22.5 Å². The molecule has 29 heavy (non-hydrogen) atoms. The summed E-state index contributed by atoms with van der Waals surface area (Å²) < 4.78 is 22.6. The van der Waals surface area contributed by atoms with Gasteiger partial charge in [-0.1, -0.05) is 6.07 Å². The van der Waals surface area contributed by atoms with Crippen LogP contribution in [-0.2, 0) is 22.8 Å². The van der Waals surface area contributed by atoms with Gasteiger partial charge in [-0.25, -0.2) is 18.4 Å². The molecule has 0 saturated heterocycles. The van der Waals surface area contributed by atoms with E-state index in [1.807, 2.05) is 6.07 Å². The number of H-pyrrole nitrogens is 1. The van der Waals surface area contributed by atoms with Crippen LogP contribution in [0.1, 0.15) is 27.3 Å². The first kappa shape index (κ1) is 19.8. The molecule has 0 saturated carbocycles. The van der Waals surface area contributed by atoms with Gasteiger partial charge >= 0.3 is 0 Å². The predicted octanol–water partition coefficient (Wildman–Crippen LogP) is 1.65. The van der Waals surface area contributed by atoms with E-state index < -0.39 is 9.84 Å². The molecule has 4 N–H and O–H groups in total. The van der Waals surface area contributed by atoms with Crippen molar-refractivity contribution in [3.05, 3.63) is 34.3 Å². The Labute approximate surface area is 172 Å². The van der Waals surface area contributed by atoms with Gasteiger partial charge in [0.1, 0.15) is 15.4 Å². The second kappa shape index (κ2) is 7.73. The molecule has 154 valence electrons. The molecule has 0 atom stereocenters. The Morgan fingerprint density at radius 3 is 3.00 bits per heavy atom. The van der Waals surface area contributed by atoms with Gasteiger partial charge < -0.3 is 10.7 Å². The molecule has 9 nitrogen and oxygen atoms in total. The number of nitrogens with two attached hydrogens (primary N) is 1. The summed E-state index contributed by atoms with van der Waals surface area (Å²) in [4.78, 5) is 27.8. The highest BCUT2D eigenvalue weighted by Gasteiger charge is 2.22. The number of fused-ring (bicyclic) bond motifs is 2. The summed E-state index contributed by atoms with van der Waals surface area (Å²) in [6, 6.07) is 5.29. The van der Waals surface area contributed by atoms with Gasteiger partial charge in [-0.3, -0.25) is 15.0 Å². The van der Waals surface area contributed by atoms with Crippen molar-refractivity contribution in [2.75, 3.05) is 36.1 Å². The zero-order chi connectivity index (χ0) is 20.6. The maximum absolute atomic E-state index is 12.7. The van der Waals surface area contributed by atoms with Gasteiger partial charge in [0.15, 0.2) is 11.1 Å². The third kappa shape index (κ3) is 4.57. The Morgan fingerprint density at radius 1 is 1.38 bits per heavy atom. The van der Waals surface area contributed by atoms with Crippen LogP contribution in [0.15, 0.2) is 18.2 Å². The fourth-order valence-electron chi connectivity index (χ4n) is 3.44. The maximum Gasteiger partial charge on any atom is 0.259 e. The Bertz CT molecular complexity index is 1170. The molecule has 0 bridgehead atoms. The normalized spacial score (nSPS) is 14.8. The number of para-hydroxylation sites is 1. The topological polar surface area (TPSA) is 134 Å². The van der Waals surface area contributed by atoms with Crippen LogP contribution in [0, 0.1) is 0 Å². The lowest BCUT2D eigenvalue weighted by Crippen LogP contribution is -2.31. The molecule has 11 heteroatoms. The first-order valence-corrected chi connectivity index (χ1v) is 12.1. The number of nitrogen functional groups attached to an aromatic ring is 1. The number of rotatable bonds is 6. The molecule has 1 aromatic carbocycles. The minimum Gasteiger partial charge on any atom is -0.369 e. The molecule has 1 aliphatic rings. The molecular formula is C18H22N6O3S2. The SMILES string of the molecule is CS(=O)(=O)CCCN1CCc2nc(NC(=O)c3cccc4[nH]c(N)nc34)sc2C1. The molecule has 3 aromatic rings. The monoisotopic (exact) mass is 434 g/mol. The standard InChI is InChI=1S/C18H22N6O3S2/c1-29(26,27)9-3-7-24-8-6-12-14(10-24)28-18(21-12)23-16(25)11-4-2-5-13-15(11)22-17(19)20-13/h2,4-5H,3,6-10H2,1H3,(H3,19,20,22)(H,21,23,25). The quantitative estimate of drug-likeness (QED) is 0.537. The third-order valence-electron chi connectivity index (χ3n) is 4.80. The average Bonchev–Trinajstić information content (AvgIpc) is 3.21. The number of anilines is 2. The number of aromatic amines is 1. The second-order valence-electron chi connectivity index (χ2n) is 7.18. The molecule has 0 radical (unpaired) electrons. The lowest BCUT2D eigenvalue weighted by Gasteiger charge is -2.25. The summed E-state index contributed by atoms with van der Waals surface area (Å²) in [7, 11) is -2.93. The number of imidazole rings is 1. The van der Waals surface area contributed by atoms with E-state index in [0.29, 0.717) is 28.1 Å². The lowest BCUT2D eigenvalue weighted by molar-refractivity contribution is 0.102. The highest BCUT2D eigenvalue weighted by molar-refractivity contribution is 7.90. The van der Waals surface area contributed by atoms with Crippen LogP contribution in [0.25, 0.3) is 11.0 Å². The van der Waals surface area contributed by atoms with Crippen LogP contribution < -0.4 is 11.1 Å². The van der Waals surface area contributed by atoms with Crippen LogP contribution >= 0.6 is 11.3 Å². The Morgan fingerprint density at radius 2 is 2.21 bits per heavy atom. The fourth-order valence-corrected chi connectivity index (χ4v) is 5.14. The van der Waals surface area contributed by atoms with E-state index in [9.17, 15) is 13.2 Å². The number of hydrogen-bond acceptors (Lipinski definition) is 8. The minimum atomic E-state index is -2.93. The summed E-state index contributed by atoms with van der Waals surface area (Å²) in [5.41, 5.74) is 8.37. The number of sulfone groups is 1. The van der Waals surface area contributed by atoms with Crippen molar-refractivity contribution in [1.29, 1.82) is 0 Å². The molecule has 1 amide bonds. The van der Waals surface area contributed by atoms with Crippen molar-refractivity contribution < 1.29 is 13.2 Å². The van der Waals surface area contributed by atoms with Gasteiger partial charge in [-0.05, 0) is 25.1 Å². The summed E-state index contributed by atoms with van der Waals surface area (Å²) in [5, 5.41) is 3.42. The second-order valence-corrected chi connectivity index (χ2v) is 10.5. The van der Waals surface area contributed by atoms with E-state index in [1.165, 1.54) is 17.6 Å². The zero-order valence-corrected chi connectivity index (χ0v) is 17.6. The van der Waals surface area contributed by atoms with E-state index >= 15 is 0 Å². The fraction of sp³-hybridized carbons (Fsp3) is 0.389. The van der Waals surface area contributed by atoms with E-state index in [-0.39, 0.29) is 17.6 Å². The Hall–Kier alpha value is -2.50. The van der Waals surface area contributed by atoms with Gasteiger partial charge in [0.25, 0.3) is 5.91 Å². The number of nitrogens with one attached hydrogen (secondary N) is 2. The number of carbonyl (C=O) groups excluding carboxylic acids is 1. The number of aromatic nitrogens is 3. The number of thiazole rings is 1. The molecule has 0 spiro atoms. The number of amides is 1. The van der Waals surface area contributed by atoms with Crippen molar-refractivity contribution in [2.24, 2.45) is 0 Å². The third-order valence-corrected chi connectivity index (χ3v) is 6.82. The van der Waals surface area contributed by atoms with Crippen molar-refractivity contribution in [3.63, 3.8) is 0 Å². The van der Waals surface area contributed by atoms with E-state index in [2.05, 4.69) is 25.2 Å². The first-order chi connectivity index (χ1) is 13.8. The van der Waals surface area contributed by atoms with Crippen molar-refractivity contribution in [3.8, 4) is 0 Å². The van der Waals surface area contributed by atoms with E-state index in [4.69, 9.17) is 5.73 Å². The van der Waals surface area contributed by atoms with Crippen molar-refractivity contribution >= 4 is 49.2 Å². The number of carbonyl (C=O) groups is 1. The average molecular weight is 435 g/mol. The molecule has 0 unspecified atom stereocenters. The highest BCUT2D eigenvalue weighted by Crippen LogP contribution is 2.29. The van der Waals surface area contributed by atoms with E-state index in [0.717, 1.165) is 36.6 Å². The maximum atomic E-state index is 12.7. The van der Waals surface area contributed by atoms with Crippen molar-refractivity contribution in [1.82, 2.24) is 19.9 Å². The van der Waals surface area contributed by atoms with Gasteiger partial charge in [-0.15, -0.1) is 11.3 Å². The van der Waals surface area contributed by atoms with Gasteiger partial charge in [0.2, 0.25) is 0 Å². The largest absolute Gasteiger partial charge is 0.369 e. The van der Waals surface area contributed by atoms with Crippen molar-refractivity contribution in [2.45, 2.75) is 19.4 Å². The van der Waals surface area contributed by atoms with Crippen LogP contribution in [0.2, 0.25) is 0 Å². The van der Waals surface area contributed by atoms with E-state index in [1.54, 1.807) is 12.1 Å². The van der Waals surface area contributed by atoms with Crippen LogP contribution in [0.3, 0.4) is 0 Å². The Balaban J connectivity index is 1.43. The number of hydrogen-bond donors (Lipinski definition) is 3. The number of benzene rings is 1. The summed E-state index contributed by atoms with van der Waals surface area (Å²) >= 11 is 1.46. The minimum absolute atomic E-state index is 0.198. The molecule has 2 aromatic heterocycles. The molecule has 1 aliphatic heterocycles. The summed E-state index contributed by atoms with van der Waals surface area (Å²) in [6.45, 7) is 2.28. The summed E-state index contributed by atoms with van der Waals surface area (Å²) in [6.07, 6.45) is 2.66. The van der Waals surface area contributed by atoms with Crippen LogP contribution in [0.5, 0.6) is 0 Å². The molecule has 0 aliphatic carbocycles. The highest BCUT2D eigenvalue weighted by atomic mass is 32.2. The smallest absolute Gasteiger partial charge is 0.259 e. The van der Waals surface area contributed by atoms with Crippen LogP contribution in [0.4, 0.5) is 11.1 Å².